The third-order valence-corrected chi connectivity index (χ3v) is 3.01. The fourth-order valence-corrected chi connectivity index (χ4v) is 1.82. The lowest BCUT2D eigenvalue weighted by atomic mass is 10.2. The minimum absolute atomic E-state index is 0.467. The zero-order valence-corrected chi connectivity index (χ0v) is 11.0. The van der Waals surface area contributed by atoms with Gasteiger partial charge in [-0.1, -0.05) is 23.2 Å². The van der Waals surface area contributed by atoms with Gasteiger partial charge in [0.2, 0.25) is 0 Å². The van der Waals surface area contributed by atoms with E-state index in [1.165, 1.54) is 0 Å². The number of hydrogen-bond acceptors (Lipinski definition) is 3. The first-order chi connectivity index (χ1) is 8.58. The molecular weight excluding hydrogens is 269 g/mol. The number of pyridine rings is 1. The van der Waals surface area contributed by atoms with Gasteiger partial charge in [0.05, 0.1) is 21.7 Å². The summed E-state index contributed by atoms with van der Waals surface area (Å²) in [6, 6.07) is 10.7. The highest BCUT2D eigenvalue weighted by atomic mass is 35.5. The van der Waals surface area contributed by atoms with E-state index in [1.54, 1.807) is 30.3 Å². The summed E-state index contributed by atoms with van der Waals surface area (Å²) in [6.07, 6.45) is 0. The van der Waals surface area contributed by atoms with Crippen LogP contribution in [0.25, 0.3) is 0 Å². The molecule has 0 aliphatic carbocycles. The van der Waals surface area contributed by atoms with Gasteiger partial charge in [-0.2, -0.15) is 5.26 Å². The molecule has 18 heavy (non-hydrogen) atoms. The predicted octanol–water partition coefficient (Wildman–Crippen LogP) is 4.31. The Kier molecular flexibility index (Phi) is 3.71. The lowest BCUT2D eigenvalue weighted by Crippen LogP contribution is -1.96. The van der Waals surface area contributed by atoms with Gasteiger partial charge in [-0.25, -0.2) is 4.98 Å². The van der Waals surface area contributed by atoms with Crippen LogP contribution >= 0.6 is 23.2 Å². The van der Waals surface area contributed by atoms with E-state index in [2.05, 4.69) is 16.4 Å². The molecule has 0 aliphatic rings. The van der Waals surface area contributed by atoms with Crippen LogP contribution in [-0.2, 0) is 0 Å². The summed E-state index contributed by atoms with van der Waals surface area (Å²) in [4.78, 5) is 4.29. The molecule has 0 bridgehead atoms. The van der Waals surface area contributed by atoms with Gasteiger partial charge in [-0.15, -0.1) is 0 Å². The molecule has 0 spiro atoms. The summed E-state index contributed by atoms with van der Waals surface area (Å²) in [5.74, 6) is 0.602. The van der Waals surface area contributed by atoms with E-state index in [1.807, 2.05) is 6.92 Å². The summed E-state index contributed by atoms with van der Waals surface area (Å²) in [6.45, 7) is 1.83. The molecule has 0 unspecified atom stereocenters. The van der Waals surface area contributed by atoms with Gasteiger partial charge in [0, 0.05) is 11.4 Å². The summed E-state index contributed by atoms with van der Waals surface area (Å²) in [5.41, 5.74) is 2.10. The summed E-state index contributed by atoms with van der Waals surface area (Å²) in [7, 11) is 0. The maximum atomic E-state index is 8.89. The Hall–Kier alpha value is -1.76. The highest BCUT2D eigenvalue weighted by Gasteiger charge is 2.03. The molecule has 1 aromatic heterocycles. The highest BCUT2D eigenvalue weighted by molar-refractivity contribution is 6.42. The second kappa shape index (κ2) is 5.26. The third kappa shape index (κ3) is 2.92. The van der Waals surface area contributed by atoms with Crippen molar-refractivity contribution in [2.45, 2.75) is 6.92 Å². The normalized spacial score (nSPS) is 9.89. The van der Waals surface area contributed by atoms with Crippen molar-refractivity contribution in [3.8, 4) is 6.07 Å². The first-order valence-electron chi connectivity index (χ1n) is 5.19. The Morgan fingerprint density at radius 1 is 1.17 bits per heavy atom. The first kappa shape index (κ1) is 12.7. The zero-order chi connectivity index (χ0) is 13.1. The molecule has 0 amide bonds. The van der Waals surface area contributed by atoms with Crippen LogP contribution in [0.4, 0.5) is 11.5 Å². The Morgan fingerprint density at radius 2 is 1.94 bits per heavy atom. The topological polar surface area (TPSA) is 48.7 Å². The minimum Gasteiger partial charge on any atom is -0.340 e. The summed E-state index contributed by atoms with van der Waals surface area (Å²) < 4.78 is 0. The minimum atomic E-state index is 0.467. The zero-order valence-electron chi connectivity index (χ0n) is 9.54. The smallest absolute Gasteiger partial charge is 0.131 e. The molecule has 0 atom stereocenters. The number of aromatic nitrogens is 1. The Balaban J connectivity index is 2.31. The maximum absolute atomic E-state index is 8.89. The van der Waals surface area contributed by atoms with Crippen LogP contribution in [0.1, 0.15) is 11.3 Å². The van der Waals surface area contributed by atoms with Crippen molar-refractivity contribution in [3.63, 3.8) is 0 Å². The molecular formula is C13H9Cl2N3. The standard InChI is InChI=1S/C13H9Cl2N3/c1-8-4-9(7-16)5-13(17-8)18-10-2-3-11(14)12(15)6-10/h2-6H,1H3,(H,17,18). The molecule has 90 valence electrons. The van der Waals surface area contributed by atoms with Crippen LogP contribution in [0.5, 0.6) is 0 Å². The quantitative estimate of drug-likeness (QED) is 0.890. The van der Waals surface area contributed by atoms with Gasteiger partial charge >= 0.3 is 0 Å². The van der Waals surface area contributed by atoms with Crippen molar-refractivity contribution in [3.05, 3.63) is 51.6 Å². The summed E-state index contributed by atoms with van der Waals surface area (Å²) in [5, 5.41) is 12.9. The molecule has 3 nitrogen and oxygen atoms in total. The molecule has 0 radical (unpaired) electrons. The molecule has 2 aromatic rings. The Labute approximate surface area is 115 Å². The van der Waals surface area contributed by atoms with Gasteiger partial charge in [0.15, 0.2) is 0 Å². The van der Waals surface area contributed by atoms with Crippen LogP contribution in [0.3, 0.4) is 0 Å². The van der Waals surface area contributed by atoms with E-state index in [0.717, 1.165) is 11.4 Å². The molecule has 2 rings (SSSR count). The number of anilines is 2. The molecule has 0 saturated heterocycles. The van der Waals surface area contributed by atoms with Crippen molar-refractivity contribution in [2.24, 2.45) is 0 Å². The fraction of sp³-hybridized carbons (Fsp3) is 0.0769. The van der Waals surface area contributed by atoms with Crippen molar-refractivity contribution in [1.29, 1.82) is 5.26 Å². The lowest BCUT2D eigenvalue weighted by molar-refractivity contribution is 1.19. The average molecular weight is 278 g/mol. The molecule has 0 saturated carbocycles. The van der Waals surface area contributed by atoms with Gasteiger partial charge in [0.1, 0.15) is 5.82 Å². The number of hydrogen-bond donors (Lipinski definition) is 1. The van der Waals surface area contributed by atoms with E-state index in [4.69, 9.17) is 28.5 Å². The van der Waals surface area contributed by atoms with E-state index in [-0.39, 0.29) is 0 Å². The van der Waals surface area contributed by atoms with Crippen molar-refractivity contribution < 1.29 is 0 Å². The second-order valence-electron chi connectivity index (χ2n) is 3.75. The van der Waals surface area contributed by atoms with Crippen LogP contribution in [0.15, 0.2) is 30.3 Å². The molecule has 1 heterocycles. The van der Waals surface area contributed by atoms with Gasteiger partial charge in [-0.05, 0) is 37.3 Å². The van der Waals surface area contributed by atoms with Gasteiger partial charge in [-0.3, -0.25) is 0 Å². The number of nitrogens with zero attached hydrogens (tertiary/aromatic N) is 2. The monoisotopic (exact) mass is 277 g/mol. The number of benzene rings is 1. The second-order valence-corrected chi connectivity index (χ2v) is 4.56. The van der Waals surface area contributed by atoms with E-state index < -0.39 is 0 Å². The highest BCUT2D eigenvalue weighted by Crippen LogP contribution is 2.26. The molecule has 5 heteroatoms. The summed E-state index contributed by atoms with van der Waals surface area (Å²) >= 11 is 11.8. The van der Waals surface area contributed by atoms with E-state index in [0.29, 0.717) is 21.4 Å². The average Bonchev–Trinajstić information content (AvgIpc) is 2.33. The number of rotatable bonds is 2. The van der Waals surface area contributed by atoms with Gasteiger partial charge in [0.25, 0.3) is 0 Å². The predicted molar refractivity (Wildman–Crippen MR) is 73.4 cm³/mol. The largest absolute Gasteiger partial charge is 0.340 e. The maximum Gasteiger partial charge on any atom is 0.131 e. The number of aryl methyl sites for hydroxylation is 1. The number of halogens is 2. The van der Waals surface area contributed by atoms with Crippen molar-refractivity contribution in [2.75, 3.05) is 5.32 Å². The molecule has 0 fully saturated rings. The third-order valence-electron chi connectivity index (χ3n) is 2.27. The van der Waals surface area contributed by atoms with Crippen LogP contribution in [0.2, 0.25) is 10.0 Å². The van der Waals surface area contributed by atoms with Gasteiger partial charge < -0.3 is 5.32 Å². The Morgan fingerprint density at radius 3 is 2.61 bits per heavy atom. The van der Waals surface area contributed by atoms with Crippen molar-refractivity contribution >= 4 is 34.7 Å². The Bertz CT molecular complexity index is 633. The first-order valence-corrected chi connectivity index (χ1v) is 5.95. The number of nitriles is 1. The fourth-order valence-electron chi connectivity index (χ4n) is 1.52. The lowest BCUT2D eigenvalue weighted by Gasteiger charge is -2.07. The van der Waals surface area contributed by atoms with E-state index in [9.17, 15) is 0 Å². The van der Waals surface area contributed by atoms with Crippen LogP contribution < -0.4 is 5.32 Å². The molecule has 0 aliphatic heterocycles. The number of nitrogens with one attached hydrogen (secondary N) is 1. The SMILES string of the molecule is Cc1cc(C#N)cc(Nc2ccc(Cl)c(Cl)c2)n1. The van der Waals surface area contributed by atoms with Crippen LogP contribution in [-0.4, -0.2) is 4.98 Å². The van der Waals surface area contributed by atoms with Crippen LogP contribution in [0, 0.1) is 18.3 Å². The van der Waals surface area contributed by atoms with E-state index >= 15 is 0 Å². The molecule has 1 aromatic carbocycles. The molecule has 1 N–H and O–H groups in total. The van der Waals surface area contributed by atoms with Crippen molar-refractivity contribution in [1.82, 2.24) is 4.98 Å².